The van der Waals surface area contributed by atoms with Crippen LogP contribution in [0.4, 0.5) is 15.9 Å². The van der Waals surface area contributed by atoms with Crippen molar-refractivity contribution in [3.63, 3.8) is 0 Å². The van der Waals surface area contributed by atoms with E-state index in [4.69, 9.17) is 17.2 Å². The van der Waals surface area contributed by atoms with Crippen molar-refractivity contribution in [1.29, 1.82) is 0 Å². The van der Waals surface area contributed by atoms with Gasteiger partial charge in [0, 0.05) is 35.4 Å². The third-order valence-corrected chi connectivity index (χ3v) is 7.39. The van der Waals surface area contributed by atoms with E-state index in [-0.39, 0.29) is 11.2 Å². The topological polar surface area (TPSA) is 52.9 Å². The minimum absolute atomic E-state index is 0.0287. The quantitative estimate of drug-likeness (QED) is 0.313. The van der Waals surface area contributed by atoms with Crippen LogP contribution in [0.5, 0.6) is 0 Å². The zero-order valence-electron chi connectivity index (χ0n) is 21.6. The summed E-state index contributed by atoms with van der Waals surface area (Å²) >= 11 is 5.27. The molecule has 7 heteroatoms. The van der Waals surface area contributed by atoms with Crippen LogP contribution in [0, 0.1) is 17.2 Å². The molecule has 5 nitrogen and oxygen atoms in total. The van der Waals surface area contributed by atoms with Gasteiger partial charge in [0.05, 0.1) is 11.3 Å². The number of aromatic amines is 1. The standard InChI is InChI=1S/C28H38FN4OS/c1-6-8-24(34-25(7-2)28(3,4)5)20-10-9-19(15-20)23-16-26(32-31-23)30-22-12-11-18-13-14-33(35)17-21(18)27(22)29/h7-8,11-12,16,19-20H,6,9-10,13-15,17H2,1-5H3,(H2,30,31,32)/q+1/b24-8+,25-7-. The molecule has 1 fully saturated rings. The van der Waals surface area contributed by atoms with Crippen LogP contribution in [-0.4, -0.2) is 20.7 Å². The molecule has 1 aliphatic heterocycles. The smallest absolute Gasteiger partial charge is 0.263 e. The van der Waals surface area contributed by atoms with E-state index in [0.29, 0.717) is 35.4 Å². The summed E-state index contributed by atoms with van der Waals surface area (Å²) in [5.74, 6) is 3.27. The Hall–Kier alpha value is -2.54. The van der Waals surface area contributed by atoms with E-state index >= 15 is 4.39 Å². The van der Waals surface area contributed by atoms with Crippen molar-refractivity contribution in [1.82, 2.24) is 10.2 Å². The molecule has 0 bridgehead atoms. The second kappa shape index (κ2) is 10.6. The Labute approximate surface area is 214 Å². The average Bonchev–Trinajstić information content (AvgIpc) is 3.48. The summed E-state index contributed by atoms with van der Waals surface area (Å²) < 4.78 is 23.3. The van der Waals surface area contributed by atoms with E-state index in [1.807, 2.05) is 19.1 Å². The molecule has 2 heterocycles. The van der Waals surface area contributed by atoms with Gasteiger partial charge >= 0.3 is 0 Å². The number of H-pyrrole nitrogens is 1. The van der Waals surface area contributed by atoms with Crippen LogP contribution in [0.1, 0.15) is 83.0 Å². The lowest BCUT2D eigenvalue weighted by molar-refractivity contribution is -0.518. The van der Waals surface area contributed by atoms with E-state index in [0.717, 1.165) is 61.4 Å². The number of hydrogen-bond acceptors (Lipinski definition) is 4. The lowest BCUT2D eigenvalue weighted by Crippen LogP contribution is -2.21. The van der Waals surface area contributed by atoms with Gasteiger partial charge in [-0.15, -0.1) is 0 Å². The minimum Gasteiger partial charge on any atom is -0.466 e. The van der Waals surface area contributed by atoms with Crippen LogP contribution in [0.25, 0.3) is 0 Å². The monoisotopic (exact) mass is 497 g/mol. The molecular weight excluding hydrogens is 459 g/mol. The molecule has 2 N–H and O–H groups in total. The fourth-order valence-electron chi connectivity index (χ4n) is 5.20. The number of allylic oxidation sites excluding steroid dienone is 4. The number of nitrogens with zero attached hydrogens (tertiary/aromatic N) is 2. The fourth-order valence-corrected chi connectivity index (χ4v) is 5.42. The van der Waals surface area contributed by atoms with Crippen molar-refractivity contribution in [3.8, 4) is 0 Å². The van der Waals surface area contributed by atoms with Gasteiger partial charge in [0.25, 0.3) is 12.4 Å². The molecule has 0 radical (unpaired) electrons. The molecule has 4 rings (SSSR count). The van der Waals surface area contributed by atoms with Crippen LogP contribution in [-0.2, 0) is 30.1 Å². The number of ether oxygens (including phenoxy) is 1. The zero-order chi connectivity index (χ0) is 25.2. The van der Waals surface area contributed by atoms with E-state index < -0.39 is 0 Å². The Kier molecular flexibility index (Phi) is 7.74. The number of halogens is 1. The summed E-state index contributed by atoms with van der Waals surface area (Å²) in [6.07, 6.45) is 9.20. The molecule has 35 heavy (non-hydrogen) atoms. The second-order valence-corrected chi connectivity index (χ2v) is 11.3. The Bertz CT molecular complexity index is 1140. The van der Waals surface area contributed by atoms with Crippen molar-refractivity contribution in [2.24, 2.45) is 11.3 Å². The first-order valence-electron chi connectivity index (χ1n) is 12.8. The molecule has 0 spiro atoms. The van der Waals surface area contributed by atoms with Gasteiger partial charge in [0.1, 0.15) is 11.5 Å². The van der Waals surface area contributed by atoms with Crippen molar-refractivity contribution >= 4 is 23.9 Å². The number of hydrogen-bond donors (Lipinski definition) is 2. The van der Waals surface area contributed by atoms with Crippen molar-refractivity contribution < 1.29 is 13.1 Å². The Morgan fingerprint density at radius 1 is 1.34 bits per heavy atom. The van der Waals surface area contributed by atoms with Gasteiger partial charge in [0.15, 0.2) is 24.7 Å². The maximum atomic E-state index is 15.2. The van der Waals surface area contributed by atoms with Crippen molar-refractivity contribution in [3.05, 3.63) is 64.5 Å². The van der Waals surface area contributed by atoms with Gasteiger partial charge in [-0.2, -0.15) is 9.04 Å². The van der Waals surface area contributed by atoms with Crippen LogP contribution < -0.4 is 5.32 Å². The lowest BCUT2D eigenvalue weighted by atomic mass is 9.93. The van der Waals surface area contributed by atoms with Crippen molar-refractivity contribution in [2.45, 2.75) is 79.2 Å². The average molecular weight is 498 g/mol. The maximum Gasteiger partial charge on any atom is 0.263 e. The SMILES string of the molecule is C/C=C(\O/C(=C/CC)C1CCC(c2cc(Nc3ccc4c(c3F)C[N+](=S)CC4)n[nH]2)C1)C(C)(C)C. The van der Waals surface area contributed by atoms with Gasteiger partial charge in [-0.1, -0.05) is 33.8 Å². The molecule has 0 amide bonds. The highest BCUT2D eigenvalue weighted by Gasteiger charge is 2.32. The zero-order valence-corrected chi connectivity index (χ0v) is 22.4. The van der Waals surface area contributed by atoms with Crippen LogP contribution >= 0.6 is 0 Å². The fraction of sp³-hybridized carbons (Fsp3) is 0.536. The summed E-state index contributed by atoms with van der Waals surface area (Å²) in [7, 11) is 0. The molecule has 2 aromatic rings. The summed E-state index contributed by atoms with van der Waals surface area (Å²) in [6.45, 7) is 12.0. The molecule has 1 aromatic heterocycles. The van der Waals surface area contributed by atoms with E-state index in [2.05, 4.69) is 55.4 Å². The van der Waals surface area contributed by atoms with Gasteiger partial charge in [-0.3, -0.25) is 5.10 Å². The highest BCUT2D eigenvalue weighted by molar-refractivity contribution is 7.44. The van der Waals surface area contributed by atoms with Crippen LogP contribution in [0.2, 0.25) is 0 Å². The molecule has 0 saturated heterocycles. The van der Waals surface area contributed by atoms with Gasteiger partial charge in [0.2, 0.25) is 0 Å². The summed E-state index contributed by atoms with van der Waals surface area (Å²) in [4.78, 5) is 0. The van der Waals surface area contributed by atoms with Gasteiger partial charge in [-0.25, -0.2) is 4.39 Å². The number of fused-ring (bicyclic) bond motifs is 1. The summed E-state index contributed by atoms with van der Waals surface area (Å²) in [5.41, 5.74) is 3.23. The van der Waals surface area contributed by atoms with Crippen molar-refractivity contribution in [2.75, 3.05) is 11.9 Å². The first-order valence-corrected chi connectivity index (χ1v) is 13.2. The minimum atomic E-state index is -0.229. The van der Waals surface area contributed by atoms with Gasteiger partial charge < -0.3 is 10.1 Å². The van der Waals surface area contributed by atoms with E-state index in [1.54, 1.807) is 10.0 Å². The number of benzene rings is 1. The number of anilines is 2. The van der Waals surface area contributed by atoms with Gasteiger partial charge in [-0.05, 0) is 56.4 Å². The molecule has 1 saturated carbocycles. The number of nitrogens with one attached hydrogen (secondary N) is 2. The van der Waals surface area contributed by atoms with E-state index in [1.165, 1.54) is 0 Å². The number of aromatic nitrogens is 2. The third-order valence-electron chi connectivity index (χ3n) is 7.07. The first kappa shape index (κ1) is 25.5. The molecule has 188 valence electrons. The normalized spacial score (nSPS) is 21.3. The largest absolute Gasteiger partial charge is 0.466 e. The first-order chi connectivity index (χ1) is 16.7. The summed E-state index contributed by atoms with van der Waals surface area (Å²) in [5, 5.41) is 10.8. The highest BCUT2D eigenvalue weighted by Crippen LogP contribution is 2.43. The predicted octanol–water partition coefficient (Wildman–Crippen LogP) is 7.24. The van der Waals surface area contributed by atoms with Crippen LogP contribution in [0.3, 0.4) is 0 Å². The Morgan fingerprint density at radius 3 is 2.86 bits per heavy atom. The Balaban J connectivity index is 1.44. The number of rotatable bonds is 7. The highest BCUT2D eigenvalue weighted by atomic mass is 32.1. The maximum absolute atomic E-state index is 15.2. The third kappa shape index (κ3) is 5.83. The predicted molar refractivity (Wildman–Crippen MR) is 141 cm³/mol. The van der Waals surface area contributed by atoms with Crippen LogP contribution in [0.15, 0.2) is 41.9 Å². The second-order valence-electron chi connectivity index (χ2n) is 10.7. The molecular formula is C28H38FN4OS+. The molecule has 1 aliphatic carbocycles. The Morgan fingerprint density at radius 2 is 2.14 bits per heavy atom. The molecule has 1 aromatic carbocycles. The molecule has 2 aliphatic rings. The van der Waals surface area contributed by atoms with E-state index in [9.17, 15) is 0 Å². The lowest BCUT2D eigenvalue weighted by Gasteiger charge is -2.26. The summed E-state index contributed by atoms with van der Waals surface area (Å²) in [6, 6.07) is 5.82. The molecule has 2 atom stereocenters. The molecule has 2 unspecified atom stereocenters.